The second kappa shape index (κ2) is 4.62. The third kappa shape index (κ3) is 2.49. The lowest BCUT2D eigenvalue weighted by Gasteiger charge is -2.13. The van der Waals surface area contributed by atoms with Crippen LogP contribution in [0.1, 0.15) is 22.5 Å². The summed E-state index contributed by atoms with van der Waals surface area (Å²) < 4.78 is 15.2. The Morgan fingerprint density at radius 2 is 1.71 bits per heavy atom. The summed E-state index contributed by atoms with van der Waals surface area (Å²) in [6.45, 7) is 6.58. The molecule has 0 fully saturated rings. The van der Waals surface area contributed by atoms with Gasteiger partial charge in [-0.3, -0.25) is 4.68 Å². The zero-order chi connectivity index (χ0) is 12.4. The molecule has 0 bridgehead atoms. The molecule has 17 heavy (non-hydrogen) atoms. The van der Waals surface area contributed by atoms with Gasteiger partial charge in [0.25, 0.3) is 0 Å². The van der Waals surface area contributed by atoms with Crippen LogP contribution in [0.5, 0.6) is 0 Å². The van der Waals surface area contributed by atoms with Crippen LogP contribution in [-0.2, 0) is 6.54 Å². The number of nitrogens with one attached hydrogen (secondary N) is 1. The van der Waals surface area contributed by atoms with Gasteiger partial charge in [-0.2, -0.15) is 0 Å². The van der Waals surface area contributed by atoms with Gasteiger partial charge in [-0.05, 0) is 50.1 Å². The molecule has 3 heteroatoms. The van der Waals surface area contributed by atoms with E-state index in [-0.39, 0.29) is 5.82 Å². The van der Waals surface area contributed by atoms with E-state index in [0.29, 0.717) is 12.1 Å². The molecule has 0 spiro atoms. The van der Waals surface area contributed by atoms with E-state index < -0.39 is 0 Å². The highest BCUT2D eigenvalue weighted by Crippen LogP contribution is 2.10. The molecule has 0 saturated heterocycles. The highest BCUT2D eigenvalue weighted by molar-refractivity contribution is 5.25. The molecule has 0 aliphatic carbocycles. The summed E-state index contributed by atoms with van der Waals surface area (Å²) in [5.74, 6) is -0.151. The minimum atomic E-state index is -0.151. The van der Waals surface area contributed by atoms with Crippen molar-refractivity contribution < 1.29 is 4.39 Å². The van der Waals surface area contributed by atoms with Crippen molar-refractivity contribution in [3.63, 3.8) is 0 Å². The van der Waals surface area contributed by atoms with Crippen molar-refractivity contribution >= 4 is 0 Å². The number of halogens is 1. The molecule has 90 valence electrons. The first-order chi connectivity index (χ1) is 8.08. The fourth-order valence-electron chi connectivity index (χ4n) is 1.90. The Bertz CT molecular complexity index is 510. The first kappa shape index (κ1) is 11.7. The Kier molecular flexibility index (Phi) is 3.18. The van der Waals surface area contributed by atoms with Crippen LogP contribution in [0.25, 0.3) is 0 Å². The first-order valence-corrected chi connectivity index (χ1v) is 5.72. The summed E-state index contributed by atoms with van der Waals surface area (Å²) >= 11 is 0. The molecular weight excluding hydrogens is 215 g/mol. The highest BCUT2D eigenvalue weighted by Gasteiger charge is 2.02. The molecule has 1 aromatic carbocycles. The summed E-state index contributed by atoms with van der Waals surface area (Å²) in [4.78, 5) is 0. The van der Waals surface area contributed by atoms with E-state index in [2.05, 4.69) is 31.4 Å². The van der Waals surface area contributed by atoms with Crippen LogP contribution in [0.15, 0.2) is 30.3 Å². The molecule has 0 aliphatic heterocycles. The lowest BCUT2D eigenvalue weighted by atomic mass is 10.1. The number of hydrogen-bond donors (Lipinski definition) is 1. The third-order valence-electron chi connectivity index (χ3n) is 2.93. The Morgan fingerprint density at radius 1 is 1.06 bits per heavy atom. The maximum atomic E-state index is 13.1. The van der Waals surface area contributed by atoms with Crippen LogP contribution >= 0.6 is 0 Å². The topological polar surface area (TPSA) is 17.0 Å². The fraction of sp³-hybridized carbons (Fsp3) is 0.286. The van der Waals surface area contributed by atoms with Crippen molar-refractivity contribution in [2.45, 2.75) is 27.3 Å². The Hall–Kier alpha value is -1.77. The predicted octanol–water partition coefficient (Wildman–Crippen LogP) is 3.30. The van der Waals surface area contributed by atoms with Gasteiger partial charge in [0.05, 0.1) is 6.54 Å². The molecule has 0 atom stereocenters. The highest BCUT2D eigenvalue weighted by atomic mass is 19.1. The summed E-state index contributed by atoms with van der Waals surface area (Å²) in [6, 6.07) is 9.33. The van der Waals surface area contributed by atoms with E-state index in [4.69, 9.17) is 0 Å². The van der Waals surface area contributed by atoms with Gasteiger partial charge in [0, 0.05) is 11.4 Å². The van der Waals surface area contributed by atoms with Gasteiger partial charge in [0.15, 0.2) is 0 Å². The summed E-state index contributed by atoms with van der Waals surface area (Å²) in [5.41, 5.74) is 7.42. The molecule has 0 aliphatic rings. The summed E-state index contributed by atoms with van der Waals surface area (Å²) in [6.07, 6.45) is 0. The first-order valence-electron chi connectivity index (χ1n) is 5.72. The van der Waals surface area contributed by atoms with E-state index in [1.54, 1.807) is 6.92 Å². The third-order valence-corrected chi connectivity index (χ3v) is 2.93. The molecule has 2 nitrogen and oxygen atoms in total. The van der Waals surface area contributed by atoms with Gasteiger partial charge < -0.3 is 5.43 Å². The van der Waals surface area contributed by atoms with Crippen LogP contribution in [0.2, 0.25) is 0 Å². The maximum absolute atomic E-state index is 13.1. The molecule has 1 N–H and O–H groups in total. The fourth-order valence-corrected chi connectivity index (χ4v) is 1.90. The molecule has 0 unspecified atom stereocenters. The molecule has 1 aromatic heterocycles. The molecule has 2 aromatic rings. The quantitative estimate of drug-likeness (QED) is 0.859. The van der Waals surface area contributed by atoms with Gasteiger partial charge in [-0.25, -0.2) is 4.39 Å². The van der Waals surface area contributed by atoms with Crippen molar-refractivity contribution in [2.24, 2.45) is 0 Å². The lowest BCUT2D eigenvalue weighted by molar-refractivity contribution is 0.617. The molecule has 0 amide bonds. The largest absolute Gasteiger partial charge is 0.322 e. The van der Waals surface area contributed by atoms with E-state index in [9.17, 15) is 4.39 Å². The zero-order valence-corrected chi connectivity index (χ0v) is 10.4. The average molecular weight is 232 g/mol. The molecule has 0 radical (unpaired) electrons. The number of benzene rings is 1. The SMILES string of the molecule is Cc1cc(CNn2c(C)ccc2C)ccc1F. The number of rotatable bonds is 3. The van der Waals surface area contributed by atoms with Gasteiger partial charge in [0.1, 0.15) is 5.82 Å². The molecule has 0 saturated carbocycles. The Balaban J connectivity index is 2.10. The van der Waals surface area contributed by atoms with Crippen LogP contribution < -0.4 is 5.43 Å². The van der Waals surface area contributed by atoms with Crippen LogP contribution in [0.4, 0.5) is 4.39 Å². The van der Waals surface area contributed by atoms with Gasteiger partial charge >= 0.3 is 0 Å². The Labute approximate surface area is 101 Å². The number of aryl methyl sites for hydroxylation is 3. The predicted molar refractivity (Wildman–Crippen MR) is 68.1 cm³/mol. The summed E-state index contributed by atoms with van der Waals surface area (Å²) in [5, 5.41) is 0. The van der Waals surface area contributed by atoms with E-state index >= 15 is 0 Å². The van der Waals surface area contributed by atoms with E-state index in [1.165, 1.54) is 17.5 Å². The van der Waals surface area contributed by atoms with Gasteiger partial charge in [-0.15, -0.1) is 0 Å². The number of nitrogens with zero attached hydrogens (tertiary/aromatic N) is 1. The monoisotopic (exact) mass is 232 g/mol. The van der Waals surface area contributed by atoms with Gasteiger partial charge in [0.2, 0.25) is 0 Å². The summed E-state index contributed by atoms with van der Waals surface area (Å²) in [7, 11) is 0. The van der Waals surface area contributed by atoms with Crippen molar-refractivity contribution in [2.75, 3.05) is 5.43 Å². The number of aromatic nitrogens is 1. The molecular formula is C14H17FN2. The normalized spacial score (nSPS) is 10.6. The van der Waals surface area contributed by atoms with Crippen molar-refractivity contribution in [1.29, 1.82) is 0 Å². The zero-order valence-electron chi connectivity index (χ0n) is 10.4. The van der Waals surface area contributed by atoms with Crippen molar-refractivity contribution in [1.82, 2.24) is 4.68 Å². The van der Waals surface area contributed by atoms with Crippen LogP contribution in [0, 0.1) is 26.6 Å². The van der Waals surface area contributed by atoms with E-state index in [0.717, 1.165) is 5.56 Å². The molecule has 2 rings (SSSR count). The van der Waals surface area contributed by atoms with Crippen LogP contribution in [-0.4, -0.2) is 4.68 Å². The van der Waals surface area contributed by atoms with Crippen molar-refractivity contribution in [3.8, 4) is 0 Å². The minimum absolute atomic E-state index is 0.151. The molecule has 1 heterocycles. The number of hydrogen-bond acceptors (Lipinski definition) is 1. The van der Waals surface area contributed by atoms with Crippen LogP contribution in [0.3, 0.4) is 0 Å². The standard InChI is InChI=1S/C14H17FN2/c1-10-8-13(6-7-14(10)15)9-16-17-11(2)4-5-12(17)3/h4-8,16H,9H2,1-3H3. The smallest absolute Gasteiger partial charge is 0.126 e. The second-order valence-electron chi connectivity index (χ2n) is 4.37. The van der Waals surface area contributed by atoms with E-state index in [1.807, 2.05) is 16.8 Å². The van der Waals surface area contributed by atoms with Crippen molar-refractivity contribution in [3.05, 3.63) is 58.7 Å². The average Bonchev–Trinajstić information content (AvgIpc) is 2.61. The second-order valence-corrected chi connectivity index (χ2v) is 4.37. The lowest BCUT2D eigenvalue weighted by Crippen LogP contribution is -2.16. The minimum Gasteiger partial charge on any atom is -0.322 e. The maximum Gasteiger partial charge on any atom is 0.126 e. The Morgan fingerprint density at radius 3 is 2.29 bits per heavy atom. The van der Waals surface area contributed by atoms with Gasteiger partial charge in [-0.1, -0.05) is 12.1 Å².